The molecule has 5 heteroatoms. The lowest BCUT2D eigenvalue weighted by Gasteiger charge is -2.18. The Bertz CT molecular complexity index is 1580. The van der Waals surface area contributed by atoms with Gasteiger partial charge in [-0.1, -0.05) is 250 Å². The summed E-state index contributed by atoms with van der Waals surface area (Å²) in [7, 11) is 0. The van der Waals surface area contributed by atoms with E-state index in [-0.39, 0.29) is 25.2 Å². The van der Waals surface area contributed by atoms with Crippen LogP contribution in [0.3, 0.4) is 0 Å². The molecular formula is C69H112O5. The number of hydrogen-bond donors (Lipinski definition) is 0. The largest absolute Gasteiger partial charge is 0.462 e. The van der Waals surface area contributed by atoms with Crippen LogP contribution in [-0.4, -0.2) is 37.9 Å². The molecule has 0 aromatic rings. The first-order valence-electron chi connectivity index (χ1n) is 30.4. The third kappa shape index (κ3) is 60.3. The second-order valence-electron chi connectivity index (χ2n) is 19.5. The molecule has 0 aromatic carbocycles. The van der Waals surface area contributed by atoms with Crippen LogP contribution in [0.5, 0.6) is 0 Å². The van der Waals surface area contributed by atoms with E-state index in [9.17, 15) is 9.59 Å². The van der Waals surface area contributed by atoms with Gasteiger partial charge in [-0.25, -0.2) is 0 Å². The van der Waals surface area contributed by atoms with Crippen LogP contribution in [0.15, 0.2) is 146 Å². The number of esters is 2. The molecule has 1 unspecified atom stereocenters. The summed E-state index contributed by atoms with van der Waals surface area (Å²) in [5, 5.41) is 0. The molecule has 0 bridgehead atoms. The Hall–Kier alpha value is -4.22. The van der Waals surface area contributed by atoms with Crippen molar-refractivity contribution >= 4 is 11.9 Å². The Labute approximate surface area is 457 Å². The van der Waals surface area contributed by atoms with Crippen LogP contribution in [0.25, 0.3) is 0 Å². The lowest BCUT2D eigenvalue weighted by molar-refractivity contribution is -0.163. The van der Waals surface area contributed by atoms with E-state index in [1.807, 2.05) is 0 Å². The summed E-state index contributed by atoms with van der Waals surface area (Å²) in [6.07, 6.45) is 91.6. The topological polar surface area (TPSA) is 61.8 Å². The minimum absolute atomic E-state index is 0.0576. The third-order valence-electron chi connectivity index (χ3n) is 12.4. The van der Waals surface area contributed by atoms with Gasteiger partial charge in [0.05, 0.1) is 6.61 Å². The lowest BCUT2D eigenvalue weighted by atomic mass is 10.1. The van der Waals surface area contributed by atoms with Crippen LogP contribution < -0.4 is 0 Å². The summed E-state index contributed by atoms with van der Waals surface area (Å²) >= 11 is 0. The Morgan fingerprint density at radius 3 is 0.905 bits per heavy atom. The molecule has 5 nitrogen and oxygen atoms in total. The number of carbonyl (C=O) groups excluding carboxylic acids is 2. The summed E-state index contributed by atoms with van der Waals surface area (Å²) in [6, 6.07) is 0. The third-order valence-corrected chi connectivity index (χ3v) is 12.4. The van der Waals surface area contributed by atoms with Crippen LogP contribution in [0.4, 0.5) is 0 Å². The van der Waals surface area contributed by atoms with E-state index in [0.717, 1.165) is 148 Å². The minimum atomic E-state index is -0.569. The second-order valence-corrected chi connectivity index (χ2v) is 19.5. The first-order valence-corrected chi connectivity index (χ1v) is 30.4. The molecule has 418 valence electrons. The van der Waals surface area contributed by atoms with Gasteiger partial charge in [0, 0.05) is 19.4 Å². The maximum absolute atomic E-state index is 12.9. The zero-order chi connectivity index (χ0) is 53.4. The van der Waals surface area contributed by atoms with Crippen molar-refractivity contribution < 1.29 is 23.8 Å². The van der Waals surface area contributed by atoms with Crippen LogP contribution in [-0.2, 0) is 23.8 Å². The van der Waals surface area contributed by atoms with Crippen LogP contribution in [0, 0.1) is 0 Å². The first-order chi connectivity index (χ1) is 36.6. The molecule has 0 aliphatic rings. The van der Waals surface area contributed by atoms with Crippen LogP contribution in [0.2, 0.25) is 0 Å². The number of hydrogen-bond acceptors (Lipinski definition) is 5. The molecule has 0 rings (SSSR count). The van der Waals surface area contributed by atoms with E-state index in [0.29, 0.717) is 19.4 Å². The summed E-state index contributed by atoms with van der Waals surface area (Å²) in [4.78, 5) is 25.6. The molecule has 0 saturated carbocycles. The van der Waals surface area contributed by atoms with E-state index in [4.69, 9.17) is 14.2 Å². The molecule has 0 spiro atoms. The van der Waals surface area contributed by atoms with Gasteiger partial charge in [0.2, 0.25) is 0 Å². The Kier molecular flexibility index (Phi) is 59.5. The smallest absolute Gasteiger partial charge is 0.306 e. The monoisotopic (exact) mass is 1020 g/mol. The standard InChI is InChI=1S/C69H112O5/c1-4-7-10-13-16-19-22-25-28-31-34-37-40-43-46-49-52-55-58-61-64-72-65-67(74-69(71)63-60-57-54-51-48-45-42-39-36-33-30-27-24-21-18-15-12-9-6-3)66-73-68(70)62-59-56-53-50-47-44-41-38-35-32-29-26-23-20-17-14-11-8-5-2/h7-12,16-21,25-30,34-39,67H,4-6,13-15,22-24,31-33,40-66H2,1-3H3/b10-7-,11-8-,12-9-,19-16-,20-17-,21-18-,28-25-,29-26-,30-27-,37-34-,38-35-,39-36-. The number of ether oxygens (including phenoxy) is 3. The highest BCUT2D eigenvalue weighted by molar-refractivity contribution is 5.70. The Balaban J connectivity index is 4.40. The molecule has 1 atom stereocenters. The normalized spacial score (nSPS) is 13.3. The Morgan fingerprint density at radius 2 is 0.568 bits per heavy atom. The fourth-order valence-corrected chi connectivity index (χ4v) is 7.95. The molecule has 74 heavy (non-hydrogen) atoms. The average molecular weight is 1020 g/mol. The fourth-order valence-electron chi connectivity index (χ4n) is 7.95. The zero-order valence-corrected chi connectivity index (χ0v) is 48.1. The minimum Gasteiger partial charge on any atom is -0.462 e. The predicted molar refractivity (Wildman–Crippen MR) is 325 cm³/mol. The number of rotatable bonds is 54. The van der Waals surface area contributed by atoms with Crippen molar-refractivity contribution in [3.63, 3.8) is 0 Å². The Morgan fingerprint density at radius 1 is 0.297 bits per heavy atom. The molecule has 0 aromatic heterocycles. The van der Waals surface area contributed by atoms with Gasteiger partial charge in [0.25, 0.3) is 0 Å². The van der Waals surface area contributed by atoms with Gasteiger partial charge in [0.1, 0.15) is 6.61 Å². The van der Waals surface area contributed by atoms with Crippen molar-refractivity contribution in [1.29, 1.82) is 0 Å². The number of allylic oxidation sites excluding steroid dienone is 24. The summed E-state index contributed by atoms with van der Waals surface area (Å²) in [5.41, 5.74) is 0. The van der Waals surface area contributed by atoms with Gasteiger partial charge in [-0.15, -0.1) is 0 Å². The van der Waals surface area contributed by atoms with Crippen molar-refractivity contribution in [2.45, 2.75) is 258 Å². The summed E-state index contributed by atoms with van der Waals surface area (Å²) < 4.78 is 17.5. The molecule has 0 radical (unpaired) electrons. The van der Waals surface area contributed by atoms with Gasteiger partial charge in [-0.05, 0) is 135 Å². The van der Waals surface area contributed by atoms with E-state index >= 15 is 0 Å². The molecule has 0 saturated heterocycles. The fraction of sp³-hybridized carbons (Fsp3) is 0.623. The van der Waals surface area contributed by atoms with Crippen molar-refractivity contribution in [2.24, 2.45) is 0 Å². The van der Waals surface area contributed by atoms with Crippen LogP contribution in [0.1, 0.15) is 252 Å². The second kappa shape index (κ2) is 63.1. The summed E-state index contributed by atoms with van der Waals surface area (Å²) in [6.45, 7) is 7.43. The molecule has 0 amide bonds. The molecular weight excluding hydrogens is 909 g/mol. The highest BCUT2D eigenvalue weighted by Gasteiger charge is 2.17. The van der Waals surface area contributed by atoms with Gasteiger partial charge >= 0.3 is 11.9 Å². The predicted octanol–water partition coefficient (Wildman–Crippen LogP) is 21.2. The van der Waals surface area contributed by atoms with E-state index in [1.165, 1.54) is 70.6 Å². The van der Waals surface area contributed by atoms with Gasteiger partial charge < -0.3 is 14.2 Å². The quantitative estimate of drug-likeness (QED) is 0.0345. The zero-order valence-electron chi connectivity index (χ0n) is 48.1. The van der Waals surface area contributed by atoms with Gasteiger partial charge in [0.15, 0.2) is 6.10 Å². The lowest BCUT2D eigenvalue weighted by Crippen LogP contribution is -2.30. The molecule has 0 fully saturated rings. The maximum atomic E-state index is 12.9. The molecule has 0 aliphatic carbocycles. The number of carbonyl (C=O) groups is 2. The molecule has 0 N–H and O–H groups in total. The van der Waals surface area contributed by atoms with Crippen LogP contribution >= 0.6 is 0 Å². The van der Waals surface area contributed by atoms with Gasteiger partial charge in [-0.3, -0.25) is 9.59 Å². The first kappa shape index (κ1) is 69.8. The molecule has 0 heterocycles. The van der Waals surface area contributed by atoms with Crippen molar-refractivity contribution in [3.8, 4) is 0 Å². The highest BCUT2D eigenvalue weighted by atomic mass is 16.6. The van der Waals surface area contributed by atoms with Crippen molar-refractivity contribution in [1.82, 2.24) is 0 Å². The number of unbranched alkanes of at least 4 members (excludes halogenated alkanes) is 19. The SMILES string of the molecule is CC/C=C\C/C=C\C/C=C\C/C=C\CCCCCCCCCOCC(COC(=O)CCCCCCCC/C=C\C/C=C\C/C=C\C/C=C\CC)OC(=O)CCCCCCCC/C=C\C/C=C\C/C=C\C/C=C\CC. The molecule has 0 aliphatic heterocycles. The van der Waals surface area contributed by atoms with Crippen molar-refractivity contribution in [2.75, 3.05) is 19.8 Å². The van der Waals surface area contributed by atoms with E-state index in [2.05, 4.69) is 167 Å². The van der Waals surface area contributed by atoms with Crippen molar-refractivity contribution in [3.05, 3.63) is 146 Å². The van der Waals surface area contributed by atoms with Gasteiger partial charge in [-0.2, -0.15) is 0 Å². The highest BCUT2D eigenvalue weighted by Crippen LogP contribution is 2.14. The maximum Gasteiger partial charge on any atom is 0.306 e. The average Bonchev–Trinajstić information content (AvgIpc) is 3.40. The summed E-state index contributed by atoms with van der Waals surface area (Å²) in [5.74, 6) is -0.441. The van der Waals surface area contributed by atoms with E-state index in [1.54, 1.807) is 0 Å². The van der Waals surface area contributed by atoms with E-state index < -0.39 is 6.10 Å².